The van der Waals surface area contributed by atoms with Crippen molar-refractivity contribution in [1.82, 2.24) is 15.6 Å². The molecule has 0 fully saturated rings. The van der Waals surface area contributed by atoms with E-state index >= 15 is 0 Å². The van der Waals surface area contributed by atoms with Gasteiger partial charge in [-0.05, 0) is 25.7 Å². The lowest BCUT2D eigenvalue weighted by molar-refractivity contribution is 0.116. The molecule has 6 heteroatoms. The highest BCUT2D eigenvalue weighted by Gasteiger charge is 2.16. The van der Waals surface area contributed by atoms with Crippen molar-refractivity contribution in [3.8, 4) is 0 Å². The molecule has 0 aliphatic carbocycles. The third-order valence-corrected chi connectivity index (χ3v) is 4.22. The van der Waals surface area contributed by atoms with Crippen LogP contribution in [0.3, 0.4) is 0 Å². The SMILES string of the molecule is CCC(NC(=O)NCCC(O)C(C)C)c1nc(C)cs1. The van der Waals surface area contributed by atoms with Crippen molar-refractivity contribution >= 4 is 17.4 Å². The molecule has 1 aromatic rings. The zero-order chi connectivity index (χ0) is 15.1. The van der Waals surface area contributed by atoms with Gasteiger partial charge < -0.3 is 15.7 Å². The minimum absolute atomic E-state index is 0.0521. The fourth-order valence-electron chi connectivity index (χ4n) is 1.75. The molecule has 1 heterocycles. The summed E-state index contributed by atoms with van der Waals surface area (Å²) in [5.74, 6) is 0.210. The number of thiazole rings is 1. The number of nitrogens with zero attached hydrogens (tertiary/aromatic N) is 1. The highest BCUT2D eigenvalue weighted by atomic mass is 32.1. The molecule has 114 valence electrons. The van der Waals surface area contributed by atoms with Gasteiger partial charge in [-0.3, -0.25) is 0 Å². The number of aromatic nitrogens is 1. The molecular weight excluding hydrogens is 274 g/mol. The summed E-state index contributed by atoms with van der Waals surface area (Å²) in [5.41, 5.74) is 0.978. The molecule has 0 radical (unpaired) electrons. The van der Waals surface area contributed by atoms with Crippen LogP contribution in [0, 0.1) is 12.8 Å². The zero-order valence-electron chi connectivity index (χ0n) is 12.6. The minimum Gasteiger partial charge on any atom is -0.393 e. The minimum atomic E-state index is -0.376. The summed E-state index contributed by atoms with van der Waals surface area (Å²) in [6.45, 7) is 8.36. The van der Waals surface area contributed by atoms with E-state index in [2.05, 4.69) is 15.6 Å². The van der Waals surface area contributed by atoms with Gasteiger partial charge in [0.15, 0.2) is 0 Å². The van der Waals surface area contributed by atoms with Gasteiger partial charge in [-0.1, -0.05) is 20.8 Å². The predicted octanol–water partition coefficient (Wildman–Crippen LogP) is 2.61. The van der Waals surface area contributed by atoms with Crippen molar-refractivity contribution in [2.24, 2.45) is 5.92 Å². The van der Waals surface area contributed by atoms with Gasteiger partial charge in [-0.2, -0.15) is 0 Å². The molecular formula is C14H25N3O2S. The number of carbonyl (C=O) groups is 1. The topological polar surface area (TPSA) is 74.2 Å². The number of urea groups is 1. The Kier molecular flexibility index (Phi) is 6.95. The molecule has 1 rings (SSSR count). The van der Waals surface area contributed by atoms with E-state index < -0.39 is 0 Å². The van der Waals surface area contributed by atoms with Crippen LogP contribution in [0.4, 0.5) is 4.79 Å². The molecule has 3 N–H and O–H groups in total. The standard InChI is InChI=1S/C14H25N3O2S/c1-5-11(13-16-10(4)8-20-13)17-14(19)15-7-6-12(18)9(2)3/h8-9,11-12,18H,5-7H2,1-4H3,(H2,15,17,19). The Labute approximate surface area is 124 Å². The number of aliphatic hydroxyl groups is 1. The van der Waals surface area contributed by atoms with Gasteiger partial charge in [0, 0.05) is 17.6 Å². The molecule has 0 aliphatic heterocycles. The summed E-state index contributed by atoms with van der Waals surface area (Å²) >= 11 is 1.56. The first-order valence-corrected chi connectivity index (χ1v) is 7.96. The van der Waals surface area contributed by atoms with Crippen molar-refractivity contribution in [2.45, 2.75) is 52.7 Å². The Balaban J connectivity index is 2.37. The number of hydrogen-bond donors (Lipinski definition) is 3. The lowest BCUT2D eigenvalue weighted by atomic mass is 10.0. The Morgan fingerprint density at radius 2 is 2.20 bits per heavy atom. The maximum atomic E-state index is 11.8. The Hall–Kier alpha value is -1.14. The molecule has 0 bridgehead atoms. The first-order valence-electron chi connectivity index (χ1n) is 7.08. The van der Waals surface area contributed by atoms with Crippen molar-refractivity contribution in [2.75, 3.05) is 6.54 Å². The quantitative estimate of drug-likeness (QED) is 0.724. The van der Waals surface area contributed by atoms with Crippen LogP contribution in [0.1, 0.15) is 50.4 Å². The lowest BCUT2D eigenvalue weighted by Gasteiger charge is -2.17. The average Bonchev–Trinajstić information content (AvgIpc) is 2.82. The van der Waals surface area contributed by atoms with Gasteiger partial charge in [0.2, 0.25) is 0 Å². The highest BCUT2D eigenvalue weighted by molar-refractivity contribution is 7.09. The van der Waals surface area contributed by atoms with Crippen molar-refractivity contribution in [1.29, 1.82) is 0 Å². The second kappa shape index (κ2) is 8.21. The van der Waals surface area contributed by atoms with E-state index in [-0.39, 0.29) is 24.1 Å². The third kappa shape index (κ3) is 5.46. The number of aryl methyl sites for hydroxylation is 1. The van der Waals surface area contributed by atoms with Gasteiger partial charge in [0.1, 0.15) is 5.01 Å². The van der Waals surface area contributed by atoms with E-state index in [0.29, 0.717) is 13.0 Å². The summed E-state index contributed by atoms with van der Waals surface area (Å²) in [6.07, 6.45) is 0.992. The summed E-state index contributed by atoms with van der Waals surface area (Å²) in [7, 11) is 0. The first kappa shape index (κ1) is 16.9. The molecule has 5 nitrogen and oxygen atoms in total. The molecule has 2 amide bonds. The molecule has 1 aromatic heterocycles. The summed E-state index contributed by atoms with van der Waals surface area (Å²) in [5, 5.41) is 18.3. The summed E-state index contributed by atoms with van der Waals surface area (Å²) < 4.78 is 0. The van der Waals surface area contributed by atoms with E-state index in [1.54, 1.807) is 11.3 Å². The van der Waals surface area contributed by atoms with Crippen molar-refractivity contribution in [3.05, 3.63) is 16.1 Å². The Bertz CT molecular complexity index is 420. The number of amides is 2. The second-order valence-electron chi connectivity index (χ2n) is 5.29. The monoisotopic (exact) mass is 299 g/mol. The molecule has 2 unspecified atom stereocenters. The van der Waals surface area contributed by atoms with Crippen LogP contribution in [-0.2, 0) is 0 Å². The zero-order valence-corrected chi connectivity index (χ0v) is 13.5. The van der Waals surface area contributed by atoms with E-state index in [1.165, 1.54) is 0 Å². The normalized spacial score (nSPS) is 14.1. The summed E-state index contributed by atoms with van der Waals surface area (Å²) in [6, 6.07) is -0.260. The van der Waals surface area contributed by atoms with Crippen LogP contribution in [0.5, 0.6) is 0 Å². The summed E-state index contributed by atoms with van der Waals surface area (Å²) in [4.78, 5) is 16.2. The number of nitrogens with one attached hydrogen (secondary N) is 2. The van der Waals surface area contributed by atoms with E-state index in [0.717, 1.165) is 17.1 Å². The van der Waals surface area contributed by atoms with Gasteiger partial charge in [0.25, 0.3) is 0 Å². The molecule has 0 spiro atoms. The lowest BCUT2D eigenvalue weighted by Crippen LogP contribution is -2.39. The molecule has 0 saturated heterocycles. The fourth-order valence-corrected chi connectivity index (χ4v) is 2.68. The molecule has 20 heavy (non-hydrogen) atoms. The van der Waals surface area contributed by atoms with E-state index in [1.807, 2.05) is 33.1 Å². The van der Waals surface area contributed by atoms with Crippen molar-refractivity contribution < 1.29 is 9.90 Å². The number of carbonyl (C=O) groups excluding carboxylic acids is 1. The fraction of sp³-hybridized carbons (Fsp3) is 0.714. The van der Waals surface area contributed by atoms with Crippen LogP contribution < -0.4 is 10.6 Å². The molecule has 0 aromatic carbocycles. The maximum Gasteiger partial charge on any atom is 0.315 e. The highest BCUT2D eigenvalue weighted by Crippen LogP contribution is 2.20. The number of hydrogen-bond acceptors (Lipinski definition) is 4. The van der Waals surface area contributed by atoms with E-state index in [9.17, 15) is 9.90 Å². The molecule has 0 aliphatic rings. The largest absolute Gasteiger partial charge is 0.393 e. The smallest absolute Gasteiger partial charge is 0.315 e. The van der Waals surface area contributed by atoms with Crippen molar-refractivity contribution in [3.63, 3.8) is 0 Å². The van der Waals surface area contributed by atoms with Gasteiger partial charge >= 0.3 is 6.03 Å². The Morgan fingerprint density at radius 3 is 2.70 bits per heavy atom. The van der Waals surface area contributed by atoms with E-state index in [4.69, 9.17) is 0 Å². The molecule has 0 saturated carbocycles. The van der Waals surface area contributed by atoms with Crippen LogP contribution in [0.25, 0.3) is 0 Å². The van der Waals surface area contributed by atoms with Crippen LogP contribution in [0.15, 0.2) is 5.38 Å². The maximum absolute atomic E-state index is 11.8. The number of aliphatic hydroxyl groups excluding tert-OH is 1. The van der Waals surface area contributed by atoms with Crippen LogP contribution >= 0.6 is 11.3 Å². The third-order valence-electron chi connectivity index (χ3n) is 3.14. The molecule has 2 atom stereocenters. The van der Waals surface area contributed by atoms with Crippen LogP contribution in [-0.4, -0.2) is 28.8 Å². The average molecular weight is 299 g/mol. The van der Waals surface area contributed by atoms with Gasteiger partial charge in [0.05, 0.1) is 12.1 Å². The second-order valence-corrected chi connectivity index (χ2v) is 6.18. The van der Waals surface area contributed by atoms with Crippen LogP contribution in [0.2, 0.25) is 0 Å². The van der Waals surface area contributed by atoms with Gasteiger partial charge in [-0.25, -0.2) is 9.78 Å². The van der Waals surface area contributed by atoms with Gasteiger partial charge in [-0.15, -0.1) is 11.3 Å². The Morgan fingerprint density at radius 1 is 1.50 bits per heavy atom. The first-order chi connectivity index (χ1) is 9.43. The predicted molar refractivity (Wildman–Crippen MR) is 81.9 cm³/mol. The number of rotatable bonds is 7.